The minimum Gasteiger partial charge on any atom is -0.208 e. The van der Waals surface area contributed by atoms with E-state index in [9.17, 15) is 0 Å². The van der Waals surface area contributed by atoms with Crippen LogP contribution in [0.3, 0.4) is 0 Å². The molecular formula is C52H47N3Si2. The lowest BCUT2D eigenvalue weighted by atomic mass is 9.67. The van der Waals surface area contributed by atoms with Crippen LogP contribution in [0, 0.1) is 0 Å². The molecule has 0 bridgehead atoms. The van der Waals surface area contributed by atoms with Gasteiger partial charge < -0.3 is 0 Å². The zero-order valence-electron chi connectivity index (χ0n) is 33.6. The Hall–Kier alpha value is -6.02. The van der Waals surface area contributed by atoms with Gasteiger partial charge in [0.15, 0.2) is 17.5 Å². The fourth-order valence-electron chi connectivity index (χ4n) is 8.47. The van der Waals surface area contributed by atoms with Gasteiger partial charge in [0.25, 0.3) is 0 Å². The number of hydrogen-bond donors (Lipinski definition) is 0. The van der Waals surface area contributed by atoms with E-state index in [1.807, 2.05) is 60.7 Å². The third-order valence-corrected chi connectivity index (χ3v) is 15.7. The summed E-state index contributed by atoms with van der Waals surface area (Å²) < 4.78 is 0. The first-order chi connectivity index (χ1) is 27.5. The van der Waals surface area contributed by atoms with E-state index in [1.54, 1.807) is 0 Å². The van der Waals surface area contributed by atoms with Crippen LogP contribution in [-0.4, -0.2) is 31.1 Å². The molecule has 57 heavy (non-hydrogen) atoms. The summed E-state index contributed by atoms with van der Waals surface area (Å²) in [5.74, 6) is 1.97. The monoisotopic (exact) mass is 769 g/mol. The van der Waals surface area contributed by atoms with E-state index in [2.05, 4.69) is 155 Å². The molecular weight excluding hydrogens is 723 g/mol. The Balaban J connectivity index is 1.20. The minimum atomic E-state index is -1.49. The summed E-state index contributed by atoms with van der Waals surface area (Å²) >= 11 is 0. The number of rotatable bonds is 8. The second-order valence-corrected chi connectivity index (χ2v) is 27.5. The van der Waals surface area contributed by atoms with Gasteiger partial charge in [-0.3, -0.25) is 0 Å². The first-order valence-electron chi connectivity index (χ1n) is 19.9. The van der Waals surface area contributed by atoms with E-state index in [4.69, 9.17) is 15.0 Å². The van der Waals surface area contributed by atoms with Gasteiger partial charge in [-0.05, 0) is 56.6 Å². The second kappa shape index (κ2) is 14.2. The molecule has 0 unspecified atom stereocenters. The van der Waals surface area contributed by atoms with Crippen LogP contribution in [0.4, 0.5) is 0 Å². The van der Waals surface area contributed by atoms with Gasteiger partial charge in [-0.1, -0.05) is 213 Å². The molecule has 1 heterocycles. The third-order valence-electron chi connectivity index (χ3n) is 11.6. The minimum absolute atomic E-state index is 0.450. The van der Waals surface area contributed by atoms with Crippen molar-refractivity contribution in [3.63, 3.8) is 0 Å². The Morgan fingerprint density at radius 3 is 1.28 bits per heavy atom. The lowest BCUT2D eigenvalue weighted by Gasteiger charge is -2.35. The Morgan fingerprint density at radius 2 is 0.754 bits per heavy atom. The summed E-state index contributed by atoms with van der Waals surface area (Å²) in [7, 11) is -2.99. The van der Waals surface area contributed by atoms with Crippen molar-refractivity contribution in [1.82, 2.24) is 15.0 Å². The van der Waals surface area contributed by atoms with Gasteiger partial charge in [0, 0.05) is 16.7 Å². The Labute approximate surface area is 339 Å². The van der Waals surface area contributed by atoms with Gasteiger partial charge in [0.2, 0.25) is 0 Å². The molecule has 9 rings (SSSR count). The molecule has 0 amide bonds. The zero-order valence-corrected chi connectivity index (χ0v) is 35.6. The highest BCUT2D eigenvalue weighted by Gasteiger charge is 2.46. The van der Waals surface area contributed by atoms with E-state index in [0.717, 1.165) is 27.8 Å². The summed E-state index contributed by atoms with van der Waals surface area (Å²) in [6.07, 6.45) is 0. The molecule has 1 aliphatic carbocycles. The molecule has 0 aliphatic heterocycles. The van der Waals surface area contributed by atoms with E-state index >= 15 is 0 Å². The van der Waals surface area contributed by atoms with Crippen molar-refractivity contribution >= 4 is 26.5 Å². The maximum absolute atomic E-state index is 5.03. The number of hydrogen-bond acceptors (Lipinski definition) is 3. The SMILES string of the molecule is C[Si](C)(C)c1ccc(C2(c3ccc([Si](C)(C)C)cc3)c3ccccc3-c3cc(-c4cccc(-c5nc(-c6ccccc6)nc(-c6ccccc6)n5)c4)ccc32)cc1. The maximum Gasteiger partial charge on any atom is 0.164 e. The molecule has 3 nitrogen and oxygen atoms in total. The normalized spacial score (nSPS) is 13.2. The predicted molar refractivity (Wildman–Crippen MR) is 245 cm³/mol. The van der Waals surface area contributed by atoms with Crippen LogP contribution in [0.1, 0.15) is 22.3 Å². The summed E-state index contributed by atoms with van der Waals surface area (Å²) in [6, 6.07) is 64.3. The number of nitrogens with zero attached hydrogens (tertiary/aromatic N) is 3. The first kappa shape index (κ1) is 36.6. The highest BCUT2D eigenvalue weighted by atomic mass is 28.3. The maximum atomic E-state index is 5.03. The van der Waals surface area contributed by atoms with Crippen molar-refractivity contribution < 1.29 is 0 Å². The van der Waals surface area contributed by atoms with Crippen LogP contribution in [0.15, 0.2) is 176 Å². The highest BCUT2D eigenvalue weighted by Crippen LogP contribution is 2.56. The van der Waals surface area contributed by atoms with Gasteiger partial charge in [-0.25, -0.2) is 15.0 Å². The largest absolute Gasteiger partial charge is 0.208 e. The van der Waals surface area contributed by atoms with Crippen molar-refractivity contribution in [3.8, 4) is 56.4 Å². The fourth-order valence-corrected chi connectivity index (χ4v) is 10.8. The fraction of sp³-hybridized carbons (Fsp3) is 0.135. The average Bonchev–Trinajstić information content (AvgIpc) is 3.54. The predicted octanol–water partition coefficient (Wildman–Crippen LogP) is 12.0. The van der Waals surface area contributed by atoms with Crippen LogP contribution in [-0.2, 0) is 5.41 Å². The molecule has 278 valence electrons. The molecule has 0 fully saturated rings. The molecule has 0 N–H and O–H groups in total. The van der Waals surface area contributed by atoms with Gasteiger partial charge in [-0.15, -0.1) is 0 Å². The van der Waals surface area contributed by atoms with Crippen LogP contribution in [0.2, 0.25) is 39.3 Å². The van der Waals surface area contributed by atoms with Crippen molar-refractivity contribution in [3.05, 3.63) is 198 Å². The number of benzene rings is 7. The van der Waals surface area contributed by atoms with Crippen molar-refractivity contribution in [2.75, 3.05) is 0 Å². The first-order valence-corrected chi connectivity index (χ1v) is 26.9. The smallest absolute Gasteiger partial charge is 0.164 e. The molecule has 8 aromatic rings. The summed E-state index contributed by atoms with van der Waals surface area (Å²) in [5, 5.41) is 2.95. The summed E-state index contributed by atoms with van der Waals surface area (Å²) in [4.78, 5) is 15.0. The summed E-state index contributed by atoms with van der Waals surface area (Å²) in [6.45, 7) is 14.6. The number of fused-ring (bicyclic) bond motifs is 3. The molecule has 5 heteroatoms. The zero-order chi connectivity index (χ0) is 39.4. The Bertz CT molecular complexity index is 2610. The highest BCUT2D eigenvalue weighted by molar-refractivity contribution is 6.89. The Kier molecular flexibility index (Phi) is 9.10. The van der Waals surface area contributed by atoms with Crippen LogP contribution >= 0.6 is 0 Å². The van der Waals surface area contributed by atoms with Crippen LogP contribution < -0.4 is 10.4 Å². The van der Waals surface area contributed by atoms with Gasteiger partial charge in [-0.2, -0.15) is 0 Å². The van der Waals surface area contributed by atoms with Crippen LogP contribution in [0.25, 0.3) is 56.4 Å². The lowest BCUT2D eigenvalue weighted by molar-refractivity contribution is 0.769. The molecule has 0 saturated carbocycles. The topological polar surface area (TPSA) is 38.7 Å². The Morgan fingerprint density at radius 1 is 0.333 bits per heavy atom. The molecule has 0 saturated heterocycles. The van der Waals surface area contributed by atoms with Gasteiger partial charge in [0.05, 0.1) is 21.6 Å². The molecule has 1 aliphatic rings. The third kappa shape index (κ3) is 6.61. The van der Waals surface area contributed by atoms with Gasteiger partial charge in [0.1, 0.15) is 0 Å². The standard InChI is InChI=1S/C52H47N3Si2/c1-56(2,3)43-29-25-41(26-30-43)52(42-27-31-44(32-28-42)57(4,5)6)47-23-14-13-22-45(47)46-35-39(24-33-48(46)52)38-20-15-21-40(34-38)51-54-49(36-16-9-7-10-17-36)53-50(55-51)37-18-11-8-12-19-37/h7-35H,1-6H3. The lowest BCUT2D eigenvalue weighted by Crippen LogP contribution is -2.39. The van der Waals surface area contributed by atoms with E-state index in [0.29, 0.717) is 17.5 Å². The van der Waals surface area contributed by atoms with Crippen molar-refractivity contribution in [2.45, 2.75) is 44.7 Å². The number of aromatic nitrogens is 3. The van der Waals surface area contributed by atoms with Crippen molar-refractivity contribution in [1.29, 1.82) is 0 Å². The van der Waals surface area contributed by atoms with E-state index in [1.165, 1.54) is 43.8 Å². The molecule has 0 radical (unpaired) electrons. The summed E-state index contributed by atoms with van der Waals surface area (Å²) in [5.41, 5.74) is 12.5. The molecule has 1 aromatic heterocycles. The molecule has 7 aromatic carbocycles. The quantitative estimate of drug-likeness (QED) is 0.145. The van der Waals surface area contributed by atoms with E-state index in [-0.39, 0.29) is 0 Å². The average molecular weight is 770 g/mol. The van der Waals surface area contributed by atoms with Gasteiger partial charge >= 0.3 is 0 Å². The molecule has 0 spiro atoms. The van der Waals surface area contributed by atoms with Crippen molar-refractivity contribution in [2.24, 2.45) is 0 Å². The molecule has 0 atom stereocenters. The van der Waals surface area contributed by atoms with E-state index < -0.39 is 21.6 Å². The second-order valence-electron chi connectivity index (χ2n) is 17.3. The van der Waals surface area contributed by atoms with Crippen LogP contribution in [0.5, 0.6) is 0 Å².